The average molecular weight is 609 g/mol. The molecule has 4 aliphatic carbocycles. The van der Waals surface area contributed by atoms with Crippen LogP contribution in [0.2, 0.25) is 0 Å². The molecule has 7 heteroatoms. The van der Waals surface area contributed by atoms with Gasteiger partial charge in [-0.2, -0.15) is 5.26 Å². The number of carbonyl (C=O) groups is 3. The number of hydrogen-bond acceptors (Lipinski definition) is 6. The SMILES string of the molecule is C=COC(=O)CCNC(=O)C12CC[C@@H](C(=C)C)C1C1CCC3[C@@](C)(CC#N)C(C(C)(C)COC(C)=O)CC[C@@]3(C)[C@]1(C)CC2. The van der Waals surface area contributed by atoms with Gasteiger partial charge in [-0.05, 0) is 104 Å². The Kier molecular flexibility index (Phi) is 9.57. The van der Waals surface area contributed by atoms with Gasteiger partial charge >= 0.3 is 11.9 Å². The number of rotatable bonds is 10. The second kappa shape index (κ2) is 12.3. The molecular weight excluding hydrogens is 552 g/mol. The van der Waals surface area contributed by atoms with Gasteiger partial charge in [-0.15, -0.1) is 0 Å². The highest BCUT2D eigenvalue weighted by Crippen LogP contribution is 2.76. The van der Waals surface area contributed by atoms with Crippen LogP contribution in [0.25, 0.3) is 0 Å². The first-order valence-corrected chi connectivity index (χ1v) is 16.8. The van der Waals surface area contributed by atoms with Crippen LogP contribution >= 0.6 is 0 Å². The minimum atomic E-state index is -0.460. The second-order valence-electron chi connectivity index (χ2n) is 16.1. The molecule has 0 aromatic rings. The zero-order valence-electron chi connectivity index (χ0n) is 28.4. The van der Waals surface area contributed by atoms with Crippen LogP contribution in [0.1, 0.15) is 113 Å². The summed E-state index contributed by atoms with van der Waals surface area (Å²) in [5.74, 6) is 0.903. The van der Waals surface area contributed by atoms with Crippen LogP contribution in [0.3, 0.4) is 0 Å². The van der Waals surface area contributed by atoms with Crippen LogP contribution in [0, 0.1) is 68.0 Å². The third-order valence-electron chi connectivity index (χ3n) is 13.7. The normalized spacial score (nSPS) is 39.5. The largest absolute Gasteiger partial charge is 0.465 e. The number of esters is 2. The maximum atomic E-state index is 14.1. The van der Waals surface area contributed by atoms with E-state index >= 15 is 0 Å². The van der Waals surface area contributed by atoms with E-state index in [1.165, 1.54) is 12.5 Å². The quantitative estimate of drug-likeness (QED) is 0.156. The molecule has 244 valence electrons. The standard InChI is InChI=1S/C37H56N2O5/c1-10-43-30(41)15-22-39-32(42)37-17-13-26(24(2)3)31(37)27-11-12-29-34(7,20-21-38)28(33(5,6)23-44-25(4)40)14-16-36(29,9)35(27,8)18-19-37/h10,26-29,31H,1-2,11-20,22-23H2,3-9H3,(H,39,42)/t26-,27?,28?,29?,31?,34-,35+,36+,37?/m0/s1. The lowest BCUT2D eigenvalue weighted by Gasteiger charge is -2.71. The smallest absolute Gasteiger partial charge is 0.312 e. The zero-order valence-corrected chi connectivity index (χ0v) is 28.4. The molecule has 9 atom stereocenters. The minimum Gasteiger partial charge on any atom is -0.465 e. The fourth-order valence-corrected chi connectivity index (χ4v) is 11.6. The van der Waals surface area contributed by atoms with Gasteiger partial charge in [0.05, 0.1) is 30.8 Å². The van der Waals surface area contributed by atoms with Crippen molar-refractivity contribution in [2.45, 2.75) is 113 Å². The van der Waals surface area contributed by atoms with Crippen LogP contribution < -0.4 is 5.32 Å². The van der Waals surface area contributed by atoms with Gasteiger partial charge in [0, 0.05) is 25.3 Å². The second-order valence-corrected chi connectivity index (χ2v) is 16.1. The molecule has 5 unspecified atom stereocenters. The Balaban J connectivity index is 1.68. The Hall–Kier alpha value is -2.62. The fraction of sp³-hybridized carbons (Fsp3) is 0.784. The van der Waals surface area contributed by atoms with E-state index in [0.717, 1.165) is 57.6 Å². The number of ether oxygens (including phenoxy) is 2. The molecule has 0 aromatic carbocycles. The Bertz CT molecular complexity index is 1220. The summed E-state index contributed by atoms with van der Waals surface area (Å²) in [6.45, 7) is 23.8. The molecule has 44 heavy (non-hydrogen) atoms. The summed E-state index contributed by atoms with van der Waals surface area (Å²) >= 11 is 0. The lowest BCUT2D eigenvalue weighted by atomic mass is 9.33. The van der Waals surface area contributed by atoms with Crippen LogP contribution in [0.4, 0.5) is 0 Å². The highest BCUT2D eigenvalue weighted by molar-refractivity contribution is 5.84. The summed E-state index contributed by atoms with van der Waals surface area (Å²) in [7, 11) is 0. The van der Waals surface area contributed by atoms with Gasteiger partial charge in [0.25, 0.3) is 0 Å². The molecule has 4 saturated carbocycles. The van der Waals surface area contributed by atoms with E-state index in [4.69, 9.17) is 9.47 Å². The Labute approximate surface area is 265 Å². The van der Waals surface area contributed by atoms with Gasteiger partial charge in [-0.3, -0.25) is 14.4 Å². The number of fused-ring (bicyclic) bond motifs is 5. The van der Waals surface area contributed by atoms with Gasteiger partial charge in [0.2, 0.25) is 5.91 Å². The van der Waals surface area contributed by atoms with E-state index in [9.17, 15) is 19.6 Å². The van der Waals surface area contributed by atoms with Gasteiger partial charge in [0.1, 0.15) is 0 Å². The van der Waals surface area contributed by atoms with Crippen molar-refractivity contribution in [1.29, 1.82) is 5.26 Å². The molecule has 0 aromatic heterocycles. The van der Waals surface area contributed by atoms with Crippen molar-refractivity contribution < 1.29 is 23.9 Å². The van der Waals surface area contributed by atoms with Crippen molar-refractivity contribution >= 4 is 17.8 Å². The third kappa shape index (κ3) is 5.43. The summed E-state index contributed by atoms with van der Waals surface area (Å²) in [4.78, 5) is 37.8. The van der Waals surface area contributed by atoms with E-state index in [1.54, 1.807) is 0 Å². The minimum absolute atomic E-state index is 0.00876. The van der Waals surface area contributed by atoms with Crippen molar-refractivity contribution in [3.8, 4) is 6.07 Å². The molecule has 4 fully saturated rings. The predicted octanol–water partition coefficient (Wildman–Crippen LogP) is 7.52. The van der Waals surface area contributed by atoms with Crippen molar-refractivity contribution in [3.63, 3.8) is 0 Å². The molecular formula is C37H56N2O5. The van der Waals surface area contributed by atoms with Crippen molar-refractivity contribution in [2.75, 3.05) is 13.2 Å². The Morgan fingerprint density at radius 3 is 2.34 bits per heavy atom. The molecule has 4 aliphatic rings. The molecule has 0 spiro atoms. The summed E-state index contributed by atoms with van der Waals surface area (Å²) in [6.07, 6.45) is 9.47. The maximum Gasteiger partial charge on any atom is 0.312 e. The zero-order chi connectivity index (χ0) is 32.7. The molecule has 0 aliphatic heterocycles. The molecule has 0 saturated heterocycles. The first kappa shape index (κ1) is 34.3. The molecule has 4 rings (SSSR count). The van der Waals surface area contributed by atoms with E-state index in [-0.39, 0.29) is 58.3 Å². The monoisotopic (exact) mass is 608 g/mol. The number of nitriles is 1. The lowest BCUT2D eigenvalue weighted by molar-refractivity contribution is -0.228. The van der Waals surface area contributed by atoms with Crippen molar-refractivity contribution in [2.24, 2.45) is 56.7 Å². The Morgan fingerprint density at radius 2 is 1.73 bits per heavy atom. The molecule has 7 nitrogen and oxygen atoms in total. The number of nitrogens with one attached hydrogen (secondary N) is 1. The number of nitrogens with zero attached hydrogens (tertiary/aromatic N) is 1. The van der Waals surface area contributed by atoms with Gasteiger partial charge < -0.3 is 14.8 Å². The van der Waals surface area contributed by atoms with E-state index in [1.807, 2.05) is 0 Å². The lowest BCUT2D eigenvalue weighted by Crippen LogP contribution is -2.66. The topological polar surface area (TPSA) is 105 Å². The summed E-state index contributed by atoms with van der Waals surface area (Å²) in [6, 6.07) is 2.58. The fourth-order valence-electron chi connectivity index (χ4n) is 11.6. The molecule has 0 bridgehead atoms. The van der Waals surface area contributed by atoms with E-state index < -0.39 is 11.4 Å². The number of amides is 1. The van der Waals surface area contributed by atoms with Crippen molar-refractivity contribution in [1.82, 2.24) is 5.32 Å². The van der Waals surface area contributed by atoms with Crippen LogP contribution in [-0.4, -0.2) is 31.0 Å². The highest BCUT2D eigenvalue weighted by atomic mass is 16.5. The maximum absolute atomic E-state index is 14.1. The number of carbonyl (C=O) groups excluding carboxylic acids is 3. The average Bonchev–Trinajstić information content (AvgIpc) is 3.34. The third-order valence-corrected chi connectivity index (χ3v) is 13.7. The van der Waals surface area contributed by atoms with Gasteiger partial charge in [-0.1, -0.05) is 53.3 Å². The summed E-state index contributed by atoms with van der Waals surface area (Å²) in [5, 5.41) is 13.3. The van der Waals surface area contributed by atoms with E-state index in [0.29, 0.717) is 30.8 Å². The number of hydrogen-bond donors (Lipinski definition) is 1. The summed E-state index contributed by atoms with van der Waals surface area (Å²) in [5.41, 5.74) is 0.270. The van der Waals surface area contributed by atoms with Crippen LogP contribution in [0.5, 0.6) is 0 Å². The molecule has 1 amide bonds. The highest BCUT2D eigenvalue weighted by Gasteiger charge is 2.71. The van der Waals surface area contributed by atoms with Crippen LogP contribution in [-0.2, 0) is 23.9 Å². The molecule has 1 N–H and O–H groups in total. The summed E-state index contributed by atoms with van der Waals surface area (Å²) < 4.78 is 10.4. The van der Waals surface area contributed by atoms with E-state index in [2.05, 4.69) is 66.1 Å². The first-order valence-electron chi connectivity index (χ1n) is 16.8. The van der Waals surface area contributed by atoms with Gasteiger partial charge in [-0.25, -0.2) is 0 Å². The first-order chi connectivity index (χ1) is 20.5. The number of allylic oxidation sites excluding steroid dienone is 1. The van der Waals surface area contributed by atoms with Crippen molar-refractivity contribution in [3.05, 3.63) is 25.0 Å². The van der Waals surface area contributed by atoms with Gasteiger partial charge in [0.15, 0.2) is 0 Å². The Morgan fingerprint density at radius 1 is 1.02 bits per heavy atom. The molecule has 0 heterocycles. The molecule has 0 radical (unpaired) electrons. The van der Waals surface area contributed by atoms with Crippen LogP contribution in [0.15, 0.2) is 25.0 Å². The predicted molar refractivity (Wildman–Crippen MR) is 171 cm³/mol.